The molecule has 2 rings (SSSR count). The van der Waals surface area contributed by atoms with E-state index in [1.165, 1.54) is 18.3 Å². The molecule has 0 fully saturated rings. The number of aromatic nitrogens is 2. The van der Waals surface area contributed by atoms with Crippen LogP contribution in [0.3, 0.4) is 0 Å². The van der Waals surface area contributed by atoms with Crippen LogP contribution in [-0.4, -0.2) is 16.1 Å². The molecular formula is C11H8ClN5O. The molecule has 0 aliphatic rings. The molecule has 0 aliphatic heterocycles. The molecule has 1 aromatic heterocycles. The first-order valence-electron chi connectivity index (χ1n) is 4.91. The minimum absolute atomic E-state index is 0.233. The number of H-pyrrole nitrogens is 1. The van der Waals surface area contributed by atoms with E-state index in [0.29, 0.717) is 5.02 Å². The molecule has 0 bridgehead atoms. The number of nitriles is 1. The van der Waals surface area contributed by atoms with Crippen LogP contribution in [0.15, 0.2) is 24.4 Å². The Bertz CT molecular complexity index is 643. The van der Waals surface area contributed by atoms with Gasteiger partial charge >= 0.3 is 0 Å². The molecule has 0 atom stereocenters. The number of benzene rings is 1. The summed E-state index contributed by atoms with van der Waals surface area (Å²) in [6.45, 7) is 0. The van der Waals surface area contributed by atoms with Gasteiger partial charge in [0.15, 0.2) is 0 Å². The lowest BCUT2D eigenvalue weighted by atomic mass is 10.1. The third-order valence-electron chi connectivity index (χ3n) is 2.26. The molecule has 1 aromatic carbocycles. The van der Waals surface area contributed by atoms with Crippen molar-refractivity contribution in [2.75, 3.05) is 11.1 Å². The Morgan fingerprint density at radius 1 is 1.56 bits per heavy atom. The van der Waals surface area contributed by atoms with Gasteiger partial charge in [0.25, 0.3) is 5.91 Å². The fourth-order valence-electron chi connectivity index (χ4n) is 1.39. The number of nitrogens with two attached hydrogens (primary N) is 1. The number of nitrogens with zero attached hydrogens (tertiary/aromatic N) is 2. The number of aromatic amines is 1. The Hall–Kier alpha value is -2.52. The molecule has 1 amide bonds. The number of halogens is 1. The summed E-state index contributed by atoms with van der Waals surface area (Å²) in [5.41, 5.74) is 6.47. The third-order valence-corrected chi connectivity index (χ3v) is 2.49. The first-order chi connectivity index (χ1) is 8.61. The molecular weight excluding hydrogens is 254 g/mol. The highest BCUT2D eigenvalue weighted by atomic mass is 35.5. The van der Waals surface area contributed by atoms with Crippen LogP contribution in [0.25, 0.3) is 0 Å². The van der Waals surface area contributed by atoms with E-state index >= 15 is 0 Å². The zero-order valence-electron chi connectivity index (χ0n) is 9.07. The Kier molecular flexibility index (Phi) is 3.17. The Labute approximate surface area is 107 Å². The molecule has 0 saturated heterocycles. The zero-order chi connectivity index (χ0) is 13.1. The largest absolute Gasteiger partial charge is 0.398 e. The van der Waals surface area contributed by atoms with Crippen molar-refractivity contribution < 1.29 is 4.79 Å². The van der Waals surface area contributed by atoms with Crippen molar-refractivity contribution in [2.45, 2.75) is 0 Å². The molecule has 90 valence electrons. The van der Waals surface area contributed by atoms with Gasteiger partial charge < -0.3 is 11.1 Å². The molecule has 1 heterocycles. The van der Waals surface area contributed by atoms with Gasteiger partial charge in [0.05, 0.1) is 11.8 Å². The highest BCUT2D eigenvalue weighted by Gasteiger charge is 2.13. The SMILES string of the molecule is N#Cc1cn[nH]c1NC(=O)c1ccc(Cl)cc1N. The second-order valence-electron chi connectivity index (χ2n) is 3.46. The quantitative estimate of drug-likeness (QED) is 0.716. The highest BCUT2D eigenvalue weighted by molar-refractivity contribution is 6.31. The molecule has 2 aromatic rings. The number of carbonyl (C=O) groups is 1. The van der Waals surface area contributed by atoms with Gasteiger partial charge in [0.2, 0.25) is 0 Å². The van der Waals surface area contributed by atoms with Gasteiger partial charge in [0.1, 0.15) is 17.5 Å². The maximum atomic E-state index is 11.9. The highest BCUT2D eigenvalue weighted by Crippen LogP contribution is 2.19. The molecule has 0 unspecified atom stereocenters. The van der Waals surface area contributed by atoms with Crippen molar-refractivity contribution in [2.24, 2.45) is 0 Å². The first-order valence-corrected chi connectivity index (χ1v) is 5.29. The van der Waals surface area contributed by atoms with E-state index in [2.05, 4.69) is 15.5 Å². The summed E-state index contributed by atoms with van der Waals surface area (Å²) >= 11 is 5.74. The van der Waals surface area contributed by atoms with Crippen LogP contribution >= 0.6 is 11.6 Å². The van der Waals surface area contributed by atoms with Gasteiger partial charge in [-0.05, 0) is 18.2 Å². The molecule has 0 spiro atoms. The van der Waals surface area contributed by atoms with Crippen LogP contribution in [0.4, 0.5) is 11.5 Å². The van der Waals surface area contributed by atoms with Crippen molar-refractivity contribution >= 4 is 29.0 Å². The second kappa shape index (κ2) is 4.77. The van der Waals surface area contributed by atoms with Crippen molar-refractivity contribution in [1.82, 2.24) is 10.2 Å². The van der Waals surface area contributed by atoms with Crippen molar-refractivity contribution in [1.29, 1.82) is 5.26 Å². The van der Waals surface area contributed by atoms with Crippen molar-refractivity contribution in [3.63, 3.8) is 0 Å². The minimum Gasteiger partial charge on any atom is -0.398 e. The normalized spacial score (nSPS) is 9.78. The summed E-state index contributed by atoms with van der Waals surface area (Å²) in [5.74, 6) is -0.207. The van der Waals surface area contributed by atoms with Crippen LogP contribution in [0.2, 0.25) is 5.02 Å². The topological polar surface area (TPSA) is 108 Å². The summed E-state index contributed by atoms with van der Waals surface area (Å²) in [5, 5.41) is 17.9. The summed E-state index contributed by atoms with van der Waals surface area (Å²) in [7, 11) is 0. The summed E-state index contributed by atoms with van der Waals surface area (Å²) in [4.78, 5) is 11.9. The van der Waals surface area contributed by atoms with Gasteiger partial charge in [-0.15, -0.1) is 0 Å². The Balaban J connectivity index is 2.25. The predicted octanol–water partition coefficient (Wildman–Crippen LogP) is 1.77. The fraction of sp³-hybridized carbons (Fsp3) is 0. The fourth-order valence-corrected chi connectivity index (χ4v) is 1.57. The molecule has 18 heavy (non-hydrogen) atoms. The molecule has 0 saturated carbocycles. The van der Waals surface area contributed by atoms with Gasteiger partial charge in [0, 0.05) is 10.7 Å². The predicted molar refractivity (Wildman–Crippen MR) is 67.1 cm³/mol. The minimum atomic E-state index is -0.440. The average Bonchev–Trinajstić information content (AvgIpc) is 2.76. The standard InChI is InChI=1S/C11H8ClN5O/c12-7-1-2-8(9(14)3-7)11(18)16-10-6(4-13)5-15-17-10/h1-3,5H,14H2,(H2,15,16,17,18). The Morgan fingerprint density at radius 3 is 3.00 bits per heavy atom. The number of hydrogen-bond acceptors (Lipinski definition) is 4. The smallest absolute Gasteiger partial charge is 0.258 e. The van der Waals surface area contributed by atoms with Crippen LogP contribution in [0, 0.1) is 11.3 Å². The van der Waals surface area contributed by atoms with Gasteiger partial charge in [-0.2, -0.15) is 10.4 Å². The number of carbonyl (C=O) groups excluding carboxylic acids is 1. The maximum absolute atomic E-state index is 11.9. The monoisotopic (exact) mass is 261 g/mol. The number of rotatable bonds is 2. The average molecular weight is 262 g/mol. The summed E-state index contributed by atoms with van der Waals surface area (Å²) in [6, 6.07) is 6.45. The van der Waals surface area contributed by atoms with E-state index in [4.69, 9.17) is 22.6 Å². The lowest BCUT2D eigenvalue weighted by Gasteiger charge is -2.06. The number of anilines is 2. The number of amides is 1. The number of hydrogen-bond donors (Lipinski definition) is 3. The van der Waals surface area contributed by atoms with E-state index in [1.54, 1.807) is 6.07 Å². The third kappa shape index (κ3) is 2.26. The van der Waals surface area contributed by atoms with Crippen LogP contribution < -0.4 is 11.1 Å². The van der Waals surface area contributed by atoms with E-state index in [9.17, 15) is 4.79 Å². The van der Waals surface area contributed by atoms with E-state index in [0.717, 1.165) is 0 Å². The maximum Gasteiger partial charge on any atom is 0.258 e. The number of nitrogen functional groups attached to an aromatic ring is 1. The van der Waals surface area contributed by atoms with Crippen molar-refractivity contribution in [3.8, 4) is 6.07 Å². The molecule has 0 radical (unpaired) electrons. The van der Waals surface area contributed by atoms with E-state index in [-0.39, 0.29) is 22.6 Å². The lowest BCUT2D eigenvalue weighted by molar-refractivity contribution is 0.102. The molecule has 6 nitrogen and oxygen atoms in total. The van der Waals surface area contributed by atoms with Crippen molar-refractivity contribution in [3.05, 3.63) is 40.5 Å². The van der Waals surface area contributed by atoms with E-state index in [1.807, 2.05) is 6.07 Å². The zero-order valence-corrected chi connectivity index (χ0v) is 9.82. The van der Waals surface area contributed by atoms with Gasteiger partial charge in [-0.25, -0.2) is 0 Å². The molecule has 0 aliphatic carbocycles. The second-order valence-corrected chi connectivity index (χ2v) is 3.89. The van der Waals surface area contributed by atoms with Crippen LogP contribution in [-0.2, 0) is 0 Å². The van der Waals surface area contributed by atoms with Gasteiger partial charge in [-0.3, -0.25) is 9.89 Å². The van der Waals surface area contributed by atoms with Crippen LogP contribution in [0.1, 0.15) is 15.9 Å². The van der Waals surface area contributed by atoms with E-state index < -0.39 is 5.91 Å². The first kappa shape index (κ1) is 12.0. The Morgan fingerprint density at radius 2 is 2.33 bits per heavy atom. The lowest BCUT2D eigenvalue weighted by Crippen LogP contribution is -2.15. The van der Waals surface area contributed by atoms with Crippen LogP contribution in [0.5, 0.6) is 0 Å². The molecule has 7 heteroatoms. The van der Waals surface area contributed by atoms with Gasteiger partial charge in [-0.1, -0.05) is 11.6 Å². The summed E-state index contributed by atoms with van der Waals surface area (Å²) in [6.07, 6.45) is 1.32. The summed E-state index contributed by atoms with van der Waals surface area (Å²) < 4.78 is 0. The molecule has 4 N–H and O–H groups in total. The number of nitrogens with one attached hydrogen (secondary N) is 2.